The lowest BCUT2D eigenvalue weighted by Crippen LogP contribution is -2.37. The second-order valence-corrected chi connectivity index (χ2v) is 6.23. The Morgan fingerprint density at radius 1 is 1.56 bits per heavy atom. The standard InChI is InChI=1S/C12H12FNO3S/c1-12(2,11(15)16)18(17)7-8-3-4-10(13)9(5-8)6-14/h3-5H,7H2,1-2H3,(H,15,16). The first-order chi connectivity index (χ1) is 8.28. The molecule has 0 aliphatic rings. The third-order valence-electron chi connectivity index (χ3n) is 2.53. The smallest absolute Gasteiger partial charge is 0.321 e. The molecule has 96 valence electrons. The first kappa shape index (κ1) is 14.3. The van der Waals surface area contributed by atoms with Gasteiger partial charge in [0.1, 0.15) is 16.6 Å². The molecule has 0 saturated heterocycles. The fourth-order valence-electron chi connectivity index (χ4n) is 1.18. The van der Waals surface area contributed by atoms with Gasteiger partial charge in [-0.15, -0.1) is 0 Å². The molecular formula is C12H12FNO3S. The van der Waals surface area contributed by atoms with Gasteiger partial charge in [-0.1, -0.05) is 6.07 Å². The summed E-state index contributed by atoms with van der Waals surface area (Å²) in [4.78, 5) is 10.9. The van der Waals surface area contributed by atoms with Crippen molar-refractivity contribution in [3.8, 4) is 6.07 Å². The van der Waals surface area contributed by atoms with E-state index in [-0.39, 0.29) is 11.3 Å². The lowest BCUT2D eigenvalue weighted by molar-refractivity contribution is -0.139. The van der Waals surface area contributed by atoms with Crippen molar-refractivity contribution >= 4 is 16.8 Å². The molecule has 0 aromatic heterocycles. The van der Waals surface area contributed by atoms with Gasteiger partial charge in [0.15, 0.2) is 0 Å². The first-order valence-electron chi connectivity index (χ1n) is 5.09. The van der Waals surface area contributed by atoms with E-state index in [9.17, 15) is 13.4 Å². The molecule has 1 unspecified atom stereocenters. The van der Waals surface area contributed by atoms with Crippen LogP contribution in [0.4, 0.5) is 4.39 Å². The third-order valence-corrected chi connectivity index (χ3v) is 4.44. The summed E-state index contributed by atoms with van der Waals surface area (Å²) in [5.74, 6) is -1.85. The molecule has 18 heavy (non-hydrogen) atoms. The minimum atomic E-state index is -1.66. The SMILES string of the molecule is CC(C)(C(=O)O)S(=O)Cc1ccc(F)c(C#N)c1. The van der Waals surface area contributed by atoms with Gasteiger partial charge in [-0.05, 0) is 31.5 Å². The number of carbonyl (C=O) groups is 1. The fraction of sp³-hybridized carbons (Fsp3) is 0.333. The summed E-state index contributed by atoms with van der Waals surface area (Å²) >= 11 is 0. The second-order valence-electron chi connectivity index (χ2n) is 4.23. The van der Waals surface area contributed by atoms with Crippen molar-refractivity contribution in [3.63, 3.8) is 0 Å². The van der Waals surface area contributed by atoms with Crippen LogP contribution in [0.1, 0.15) is 25.0 Å². The molecule has 1 rings (SSSR count). The maximum Gasteiger partial charge on any atom is 0.321 e. The predicted octanol–water partition coefficient (Wildman–Crippen LogP) is 1.81. The van der Waals surface area contributed by atoms with Gasteiger partial charge in [0.2, 0.25) is 0 Å². The van der Waals surface area contributed by atoms with Crippen molar-refractivity contribution in [3.05, 3.63) is 35.1 Å². The van der Waals surface area contributed by atoms with Gasteiger partial charge in [0.25, 0.3) is 0 Å². The minimum absolute atomic E-state index is 0.0335. The van der Waals surface area contributed by atoms with Crippen LogP contribution in [0.5, 0.6) is 0 Å². The summed E-state index contributed by atoms with van der Waals surface area (Å²) < 4.78 is 23.6. The Bertz CT molecular complexity index is 549. The Hall–Kier alpha value is -1.74. The number of aliphatic carboxylic acids is 1. The largest absolute Gasteiger partial charge is 0.480 e. The highest BCUT2D eigenvalue weighted by Gasteiger charge is 2.34. The number of benzene rings is 1. The molecule has 0 heterocycles. The number of nitrogens with zero attached hydrogens (tertiary/aromatic N) is 1. The zero-order valence-electron chi connectivity index (χ0n) is 9.94. The first-order valence-corrected chi connectivity index (χ1v) is 6.41. The van der Waals surface area contributed by atoms with E-state index in [2.05, 4.69) is 0 Å². The van der Waals surface area contributed by atoms with Gasteiger partial charge in [-0.25, -0.2) is 4.39 Å². The molecule has 0 aliphatic carbocycles. The molecule has 0 saturated carbocycles. The van der Waals surface area contributed by atoms with E-state index in [0.29, 0.717) is 5.56 Å². The molecule has 1 N–H and O–H groups in total. The Kier molecular flexibility index (Phi) is 4.19. The number of halogens is 1. The highest BCUT2D eigenvalue weighted by Crippen LogP contribution is 2.19. The van der Waals surface area contributed by atoms with E-state index in [0.717, 1.165) is 6.07 Å². The highest BCUT2D eigenvalue weighted by atomic mass is 32.2. The minimum Gasteiger partial charge on any atom is -0.480 e. The number of carboxylic acids is 1. The van der Waals surface area contributed by atoms with Crippen molar-refractivity contribution < 1.29 is 18.5 Å². The molecule has 1 aromatic carbocycles. The summed E-state index contributed by atoms with van der Waals surface area (Å²) in [6.45, 7) is 2.72. The van der Waals surface area contributed by atoms with Gasteiger partial charge in [-0.2, -0.15) is 5.26 Å². The second kappa shape index (κ2) is 5.27. The summed E-state index contributed by atoms with van der Waals surface area (Å²) in [6.07, 6.45) is 0. The van der Waals surface area contributed by atoms with E-state index >= 15 is 0 Å². The summed E-state index contributed by atoms with van der Waals surface area (Å²) in [5, 5.41) is 17.6. The lowest BCUT2D eigenvalue weighted by atomic mass is 10.1. The van der Waals surface area contributed by atoms with Crippen LogP contribution in [0.2, 0.25) is 0 Å². The van der Waals surface area contributed by atoms with E-state index in [4.69, 9.17) is 10.4 Å². The zero-order valence-corrected chi connectivity index (χ0v) is 10.8. The van der Waals surface area contributed by atoms with E-state index in [1.165, 1.54) is 26.0 Å². The Balaban J connectivity index is 2.97. The van der Waals surface area contributed by atoms with Gasteiger partial charge in [0, 0.05) is 16.6 Å². The van der Waals surface area contributed by atoms with Gasteiger partial charge in [-0.3, -0.25) is 9.00 Å². The van der Waals surface area contributed by atoms with Crippen LogP contribution in [-0.2, 0) is 21.3 Å². The molecule has 0 aliphatic heterocycles. The fourth-order valence-corrected chi connectivity index (χ4v) is 2.21. The van der Waals surface area contributed by atoms with Gasteiger partial charge >= 0.3 is 5.97 Å². The van der Waals surface area contributed by atoms with Crippen molar-refractivity contribution in [2.75, 3.05) is 0 Å². The molecule has 0 bridgehead atoms. The average Bonchev–Trinajstić information content (AvgIpc) is 2.31. The van der Waals surface area contributed by atoms with Gasteiger partial charge in [0.05, 0.1) is 5.56 Å². The number of hydrogen-bond donors (Lipinski definition) is 1. The maximum atomic E-state index is 13.1. The molecular weight excluding hydrogens is 257 g/mol. The molecule has 0 amide bonds. The summed E-state index contributed by atoms with van der Waals surface area (Å²) in [5.41, 5.74) is 0.332. The molecule has 0 spiro atoms. The number of hydrogen-bond acceptors (Lipinski definition) is 3. The Morgan fingerprint density at radius 3 is 2.67 bits per heavy atom. The van der Waals surface area contributed by atoms with Crippen LogP contribution in [0.15, 0.2) is 18.2 Å². The zero-order chi connectivity index (χ0) is 13.9. The third kappa shape index (κ3) is 2.93. The highest BCUT2D eigenvalue weighted by molar-refractivity contribution is 7.86. The monoisotopic (exact) mass is 269 g/mol. The summed E-state index contributed by atoms with van der Waals surface area (Å²) in [6, 6.07) is 5.47. The van der Waals surface area contributed by atoms with Crippen molar-refractivity contribution in [1.29, 1.82) is 5.26 Å². The number of carboxylic acid groups (broad SMARTS) is 1. The molecule has 1 aromatic rings. The van der Waals surface area contributed by atoms with Crippen LogP contribution < -0.4 is 0 Å². The van der Waals surface area contributed by atoms with E-state index in [1.807, 2.05) is 0 Å². The number of rotatable bonds is 4. The topological polar surface area (TPSA) is 78.2 Å². The maximum absolute atomic E-state index is 13.1. The van der Waals surface area contributed by atoms with Crippen molar-refractivity contribution in [1.82, 2.24) is 0 Å². The lowest BCUT2D eigenvalue weighted by Gasteiger charge is -2.18. The number of nitriles is 1. The molecule has 1 atom stereocenters. The van der Waals surface area contributed by atoms with Crippen LogP contribution in [-0.4, -0.2) is 20.0 Å². The van der Waals surface area contributed by atoms with Crippen molar-refractivity contribution in [2.24, 2.45) is 0 Å². The van der Waals surface area contributed by atoms with Crippen LogP contribution in [0, 0.1) is 17.1 Å². The molecule has 4 nitrogen and oxygen atoms in total. The average molecular weight is 269 g/mol. The van der Waals surface area contributed by atoms with Crippen LogP contribution >= 0.6 is 0 Å². The molecule has 6 heteroatoms. The van der Waals surface area contributed by atoms with Crippen molar-refractivity contribution in [2.45, 2.75) is 24.3 Å². The van der Waals surface area contributed by atoms with Crippen LogP contribution in [0.25, 0.3) is 0 Å². The Morgan fingerprint density at radius 2 is 2.17 bits per heavy atom. The van der Waals surface area contributed by atoms with Crippen LogP contribution in [0.3, 0.4) is 0 Å². The molecule has 0 fully saturated rings. The normalized spacial score (nSPS) is 12.8. The van der Waals surface area contributed by atoms with E-state index < -0.39 is 27.3 Å². The molecule has 0 radical (unpaired) electrons. The van der Waals surface area contributed by atoms with Gasteiger partial charge < -0.3 is 5.11 Å². The van der Waals surface area contributed by atoms with E-state index in [1.54, 1.807) is 6.07 Å². The quantitative estimate of drug-likeness (QED) is 0.904. The predicted molar refractivity (Wildman–Crippen MR) is 64.7 cm³/mol. The Labute approximate surface area is 107 Å². The summed E-state index contributed by atoms with van der Waals surface area (Å²) in [7, 11) is -1.66.